The summed E-state index contributed by atoms with van der Waals surface area (Å²) >= 11 is 12.6. The molecule has 0 unspecified atom stereocenters. The van der Waals surface area contributed by atoms with E-state index >= 15 is 0 Å². The molecule has 0 aliphatic rings. The van der Waals surface area contributed by atoms with Crippen molar-refractivity contribution < 1.29 is 19.1 Å². The molecule has 0 aliphatic carbocycles. The lowest BCUT2D eigenvalue weighted by Crippen LogP contribution is -2.18. The summed E-state index contributed by atoms with van der Waals surface area (Å²) in [6, 6.07) is 13.0. The largest absolute Gasteiger partial charge is 0.457 e. The molecule has 2 rings (SSSR count). The number of amides is 1. The van der Waals surface area contributed by atoms with E-state index in [2.05, 4.69) is 5.32 Å². The molecule has 5 nitrogen and oxygen atoms in total. The zero-order valence-electron chi connectivity index (χ0n) is 13.5. The van der Waals surface area contributed by atoms with E-state index in [0.717, 1.165) is 11.8 Å². The maximum atomic E-state index is 11.9. The lowest BCUT2D eigenvalue weighted by molar-refractivity contribution is -0.139. The number of rotatable bonds is 8. The maximum absolute atomic E-state index is 11.9. The Morgan fingerprint density at radius 2 is 1.46 bits per heavy atom. The van der Waals surface area contributed by atoms with E-state index in [-0.39, 0.29) is 29.8 Å². The van der Waals surface area contributed by atoms with Gasteiger partial charge in [-0.3, -0.25) is 14.4 Å². The van der Waals surface area contributed by atoms with Crippen LogP contribution in [-0.2, 0) is 14.3 Å². The van der Waals surface area contributed by atoms with Crippen molar-refractivity contribution in [3.8, 4) is 0 Å². The van der Waals surface area contributed by atoms with Gasteiger partial charge in [-0.1, -0.05) is 23.2 Å². The first-order valence-corrected chi connectivity index (χ1v) is 9.42. The molecule has 0 radical (unpaired) electrons. The summed E-state index contributed by atoms with van der Waals surface area (Å²) in [6.07, 6.45) is 0. The maximum Gasteiger partial charge on any atom is 0.316 e. The third-order valence-corrected chi connectivity index (χ3v) is 4.52. The van der Waals surface area contributed by atoms with E-state index in [1.807, 2.05) is 0 Å². The van der Waals surface area contributed by atoms with Crippen LogP contribution in [0.4, 0.5) is 5.69 Å². The summed E-state index contributed by atoms with van der Waals surface area (Å²) < 4.78 is 4.91. The highest BCUT2D eigenvalue weighted by molar-refractivity contribution is 8.00. The molecule has 8 heteroatoms. The van der Waals surface area contributed by atoms with Crippen molar-refractivity contribution in [1.82, 2.24) is 0 Å². The van der Waals surface area contributed by atoms with Crippen LogP contribution in [0, 0.1) is 0 Å². The Balaban J connectivity index is 1.65. The smallest absolute Gasteiger partial charge is 0.316 e. The summed E-state index contributed by atoms with van der Waals surface area (Å²) in [7, 11) is 0. The first-order valence-electron chi connectivity index (χ1n) is 7.51. The highest BCUT2D eigenvalue weighted by Crippen LogP contribution is 2.14. The minimum absolute atomic E-state index is 0.0259. The molecule has 0 aromatic heterocycles. The summed E-state index contributed by atoms with van der Waals surface area (Å²) in [5.74, 6) is -1.07. The highest BCUT2D eigenvalue weighted by Gasteiger charge is 2.11. The SMILES string of the molecule is O=C(CSCC(=O)OCC(=O)c1ccc(Cl)cc1)Nc1ccc(Cl)cc1. The minimum atomic E-state index is -0.559. The topological polar surface area (TPSA) is 72.5 Å². The first kappa shape index (κ1) is 20.3. The Hall–Kier alpha value is -2.02. The van der Waals surface area contributed by atoms with Gasteiger partial charge < -0.3 is 10.1 Å². The predicted octanol–water partition coefficient (Wildman–Crippen LogP) is 4.09. The Morgan fingerprint density at radius 3 is 2.08 bits per heavy atom. The fourth-order valence-corrected chi connectivity index (χ4v) is 2.73. The van der Waals surface area contributed by atoms with Crippen LogP contribution in [-0.4, -0.2) is 35.8 Å². The van der Waals surface area contributed by atoms with Crippen molar-refractivity contribution in [2.24, 2.45) is 0 Å². The molecule has 2 aromatic rings. The zero-order valence-corrected chi connectivity index (χ0v) is 15.9. The average Bonchev–Trinajstić information content (AvgIpc) is 2.62. The lowest BCUT2D eigenvalue weighted by atomic mass is 10.1. The van der Waals surface area contributed by atoms with Crippen LogP contribution in [0.3, 0.4) is 0 Å². The molecular weight excluding hydrogens is 397 g/mol. The van der Waals surface area contributed by atoms with E-state index in [4.69, 9.17) is 27.9 Å². The van der Waals surface area contributed by atoms with Gasteiger partial charge in [-0.25, -0.2) is 0 Å². The van der Waals surface area contributed by atoms with Crippen LogP contribution in [0.1, 0.15) is 10.4 Å². The highest BCUT2D eigenvalue weighted by atomic mass is 35.5. The number of benzene rings is 2. The van der Waals surface area contributed by atoms with Crippen LogP contribution in [0.5, 0.6) is 0 Å². The molecule has 2 aromatic carbocycles. The summed E-state index contributed by atoms with van der Waals surface area (Å²) in [5, 5.41) is 3.78. The van der Waals surface area contributed by atoms with Crippen molar-refractivity contribution in [3.63, 3.8) is 0 Å². The van der Waals surface area contributed by atoms with Gasteiger partial charge in [0, 0.05) is 21.3 Å². The van der Waals surface area contributed by atoms with Crippen LogP contribution in [0.2, 0.25) is 10.0 Å². The number of anilines is 1. The van der Waals surface area contributed by atoms with E-state index in [1.54, 1.807) is 48.5 Å². The molecule has 0 spiro atoms. The van der Waals surface area contributed by atoms with Crippen molar-refractivity contribution >= 4 is 58.3 Å². The fraction of sp³-hybridized carbons (Fsp3) is 0.167. The van der Waals surface area contributed by atoms with Crippen LogP contribution >= 0.6 is 35.0 Å². The molecule has 136 valence electrons. The Morgan fingerprint density at radius 1 is 0.885 bits per heavy atom. The second-order valence-electron chi connectivity index (χ2n) is 5.14. The Bertz CT molecular complexity index is 779. The third kappa shape index (κ3) is 7.07. The Labute approximate surface area is 165 Å². The number of thioether (sulfide) groups is 1. The minimum Gasteiger partial charge on any atom is -0.457 e. The van der Waals surface area contributed by atoms with Gasteiger partial charge >= 0.3 is 5.97 Å². The summed E-state index contributed by atoms with van der Waals surface area (Å²) in [5.41, 5.74) is 1.04. The zero-order chi connectivity index (χ0) is 18.9. The number of ether oxygens (including phenoxy) is 1. The standard InChI is InChI=1S/C18H15Cl2NO4S/c19-13-3-1-12(2-4-13)16(22)9-25-18(24)11-26-10-17(23)21-15-7-5-14(20)6-8-15/h1-8H,9-11H2,(H,21,23). The van der Waals surface area contributed by atoms with Gasteiger partial charge in [-0.15, -0.1) is 11.8 Å². The molecule has 0 aliphatic heterocycles. The van der Waals surface area contributed by atoms with Crippen molar-refractivity contribution in [2.75, 3.05) is 23.4 Å². The molecule has 0 fully saturated rings. The summed E-state index contributed by atoms with van der Waals surface area (Å²) in [4.78, 5) is 35.3. The molecule has 26 heavy (non-hydrogen) atoms. The monoisotopic (exact) mass is 411 g/mol. The van der Waals surface area contributed by atoms with Crippen LogP contribution in [0.15, 0.2) is 48.5 Å². The van der Waals surface area contributed by atoms with E-state index in [9.17, 15) is 14.4 Å². The number of ketones is 1. The molecule has 1 N–H and O–H groups in total. The second kappa shape index (κ2) is 10.2. The summed E-state index contributed by atoms with van der Waals surface area (Å²) in [6.45, 7) is -0.349. The van der Waals surface area contributed by atoms with Crippen molar-refractivity contribution in [2.45, 2.75) is 0 Å². The number of carbonyl (C=O) groups excluding carboxylic acids is 3. The molecular formula is C18H15Cl2NO4S. The number of hydrogen-bond donors (Lipinski definition) is 1. The van der Waals surface area contributed by atoms with Crippen LogP contribution in [0.25, 0.3) is 0 Å². The molecule has 1 amide bonds. The first-order chi connectivity index (χ1) is 12.4. The number of esters is 1. The van der Waals surface area contributed by atoms with Gasteiger partial charge in [0.1, 0.15) is 0 Å². The number of Topliss-reactive ketones (excluding diaryl/α,β-unsaturated/α-hetero) is 1. The number of hydrogen-bond acceptors (Lipinski definition) is 5. The number of carbonyl (C=O) groups is 3. The van der Waals surface area contributed by atoms with E-state index in [1.165, 1.54) is 0 Å². The Kier molecular flexibility index (Phi) is 7.97. The van der Waals surface area contributed by atoms with E-state index < -0.39 is 5.97 Å². The predicted molar refractivity (Wildman–Crippen MR) is 104 cm³/mol. The van der Waals surface area contributed by atoms with Crippen LogP contribution < -0.4 is 5.32 Å². The fourth-order valence-electron chi connectivity index (χ4n) is 1.86. The second-order valence-corrected chi connectivity index (χ2v) is 7.00. The number of halogens is 2. The normalized spacial score (nSPS) is 10.2. The molecule has 0 bridgehead atoms. The number of nitrogens with one attached hydrogen (secondary N) is 1. The molecule has 0 saturated heterocycles. The van der Waals surface area contributed by atoms with Gasteiger partial charge in [-0.05, 0) is 48.5 Å². The third-order valence-electron chi connectivity index (χ3n) is 3.11. The van der Waals surface area contributed by atoms with Gasteiger partial charge in [0.25, 0.3) is 0 Å². The van der Waals surface area contributed by atoms with Gasteiger partial charge in [-0.2, -0.15) is 0 Å². The van der Waals surface area contributed by atoms with Crippen molar-refractivity contribution in [3.05, 3.63) is 64.1 Å². The molecule has 0 atom stereocenters. The lowest BCUT2D eigenvalue weighted by Gasteiger charge is -2.06. The molecule has 0 heterocycles. The van der Waals surface area contributed by atoms with Gasteiger partial charge in [0.05, 0.1) is 11.5 Å². The average molecular weight is 412 g/mol. The van der Waals surface area contributed by atoms with Gasteiger partial charge in [0.15, 0.2) is 12.4 Å². The van der Waals surface area contributed by atoms with Crippen molar-refractivity contribution in [1.29, 1.82) is 0 Å². The van der Waals surface area contributed by atoms with E-state index in [0.29, 0.717) is 21.3 Å². The quantitative estimate of drug-likeness (QED) is 0.522. The molecule has 0 saturated carbocycles. The van der Waals surface area contributed by atoms with Gasteiger partial charge in [0.2, 0.25) is 5.91 Å².